The highest BCUT2D eigenvalue weighted by molar-refractivity contribution is 7.09. The lowest BCUT2D eigenvalue weighted by Gasteiger charge is -2.11. The standard InChI is InChI=1S/C21H19NO4S/c23-20(22-13-18-10-6-12-27-18)15-26-21(24)19-11-5-4-7-16(19)14-25-17-8-2-1-3-9-17/h1-12H,13-15H2,(H,22,23). The third-order valence-corrected chi connectivity index (χ3v) is 4.63. The fourth-order valence-corrected chi connectivity index (χ4v) is 3.03. The fourth-order valence-electron chi connectivity index (χ4n) is 2.38. The first-order valence-electron chi connectivity index (χ1n) is 8.44. The molecule has 27 heavy (non-hydrogen) atoms. The number of nitrogens with one attached hydrogen (secondary N) is 1. The Balaban J connectivity index is 1.52. The van der Waals surface area contributed by atoms with Crippen molar-refractivity contribution in [2.45, 2.75) is 13.2 Å². The van der Waals surface area contributed by atoms with Gasteiger partial charge >= 0.3 is 5.97 Å². The van der Waals surface area contributed by atoms with Gasteiger partial charge in [-0.25, -0.2) is 4.79 Å². The second-order valence-electron chi connectivity index (χ2n) is 5.69. The summed E-state index contributed by atoms with van der Waals surface area (Å²) in [7, 11) is 0. The number of carbonyl (C=O) groups excluding carboxylic acids is 2. The Kier molecular flexibility index (Phi) is 6.60. The van der Waals surface area contributed by atoms with Crippen LogP contribution in [0.4, 0.5) is 0 Å². The molecule has 1 aromatic heterocycles. The number of benzene rings is 2. The van der Waals surface area contributed by atoms with Crippen LogP contribution in [0.1, 0.15) is 20.8 Å². The van der Waals surface area contributed by atoms with E-state index in [4.69, 9.17) is 9.47 Å². The Morgan fingerprint density at radius 2 is 1.70 bits per heavy atom. The van der Waals surface area contributed by atoms with Gasteiger partial charge in [0, 0.05) is 10.4 Å². The molecule has 0 atom stereocenters. The van der Waals surface area contributed by atoms with Crippen LogP contribution in [0.3, 0.4) is 0 Å². The molecule has 1 heterocycles. The lowest BCUT2D eigenvalue weighted by atomic mass is 10.1. The van der Waals surface area contributed by atoms with Crippen LogP contribution in [0.25, 0.3) is 0 Å². The minimum atomic E-state index is -0.548. The zero-order valence-electron chi connectivity index (χ0n) is 14.6. The quantitative estimate of drug-likeness (QED) is 0.603. The average molecular weight is 381 g/mol. The molecule has 0 spiro atoms. The zero-order valence-corrected chi connectivity index (χ0v) is 15.4. The molecule has 0 aliphatic heterocycles. The molecule has 0 fully saturated rings. The van der Waals surface area contributed by atoms with Crippen LogP contribution < -0.4 is 10.1 Å². The van der Waals surface area contributed by atoms with Gasteiger partial charge in [-0.1, -0.05) is 42.5 Å². The molecule has 3 rings (SSSR count). The lowest BCUT2D eigenvalue weighted by Crippen LogP contribution is -2.28. The van der Waals surface area contributed by atoms with Crippen molar-refractivity contribution < 1.29 is 19.1 Å². The first kappa shape index (κ1) is 18.7. The maximum absolute atomic E-state index is 12.4. The van der Waals surface area contributed by atoms with Crippen molar-refractivity contribution in [3.8, 4) is 5.75 Å². The van der Waals surface area contributed by atoms with E-state index in [2.05, 4.69) is 5.32 Å². The highest BCUT2D eigenvalue weighted by atomic mass is 32.1. The Morgan fingerprint density at radius 3 is 2.48 bits per heavy atom. The summed E-state index contributed by atoms with van der Waals surface area (Å²) < 4.78 is 10.9. The number of thiophene rings is 1. The molecule has 0 aliphatic rings. The Bertz CT molecular complexity index is 878. The molecule has 0 saturated carbocycles. The first-order valence-corrected chi connectivity index (χ1v) is 9.32. The second-order valence-corrected chi connectivity index (χ2v) is 6.72. The summed E-state index contributed by atoms with van der Waals surface area (Å²) in [5.74, 6) is -0.170. The van der Waals surface area contributed by atoms with Gasteiger partial charge in [-0.05, 0) is 29.6 Å². The first-order chi connectivity index (χ1) is 13.2. The number of rotatable bonds is 8. The van der Waals surface area contributed by atoms with Crippen molar-refractivity contribution in [1.82, 2.24) is 5.32 Å². The van der Waals surface area contributed by atoms with Crippen molar-refractivity contribution in [2.75, 3.05) is 6.61 Å². The molecule has 1 N–H and O–H groups in total. The molecule has 0 radical (unpaired) electrons. The third kappa shape index (κ3) is 5.69. The van der Waals surface area contributed by atoms with Gasteiger partial charge in [-0.15, -0.1) is 11.3 Å². The number of esters is 1. The van der Waals surface area contributed by atoms with Crippen LogP contribution >= 0.6 is 11.3 Å². The molecule has 3 aromatic rings. The van der Waals surface area contributed by atoms with Crippen LogP contribution in [0.5, 0.6) is 5.75 Å². The topological polar surface area (TPSA) is 64.6 Å². The lowest BCUT2D eigenvalue weighted by molar-refractivity contribution is -0.124. The Labute approximate surface area is 161 Å². The Hall–Kier alpha value is -3.12. The molecule has 5 nitrogen and oxygen atoms in total. The van der Waals surface area contributed by atoms with Crippen LogP contribution in [0.15, 0.2) is 72.1 Å². The van der Waals surface area contributed by atoms with E-state index >= 15 is 0 Å². The van der Waals surface area contributed by atoms with E-state index in [0.29, 0.717) is 23.4 Å². The second kappa shape index (κ2) is 9.54. The molecular formula is C21H19NO4S. The van der Waals surface area contributed by atoms with E-state index in [1.807, 2.05) is 53.9 Å². The maximum atomic E-state index is 12.4. The van der Waals surface area contributed by atoms with Crippen LogP contribution in [-0.2, 0) is 22.7 Å². The van der Waals surface area contributed by atoms with Gasteiger partial charge < -0.3 is 14.8 Å². The van der Waals surface area contributed by atoms with Gasteiger partial charge in [-0.2, -0.15) is 0 Å². The molecule has 0 unspecified atom stereocenters. The summed E-state index contributed by atoms with van der Waals surface area (Å²) in [5, 5.41) is 4.66. The summed E-state index contributed by atoms with van der Waals surface area (Å²) in [6.07, 6.45) is 0. The molecule has 138 valence electrons. The molecule has 1 amide bonds. The van der Waals surface area contributed by atoms with Crippen LogP contribution in [-0.4, -0.2) is 18.5 Å². The average Bonchev–Trinajstić information content (AvgIpc) is 3.23. The van der Waals surface area contributed by atoms with Gasteiger partial charge in [0.25, 0.3) is 5.91 Å². The summed E-state index contributed by atoms with van der Waals surface area (Å²) in [5.41, 5.74) is 1.09. The molecular weight excluding hydrogens is 362 g/mol. The number of carbonyl (C=O) groups is 2. The molecule has 2 aromatic carbocycles. The van der Waals surface area contributed by atoms with Crippen molar-refractivity contribution in [3.05, 3.63) is 88.1 Å². The van der Waals surface area contributed by atoms with E-state index in [9.17, 15) is 9.59 Å². The van der Waals surface area contributed by atoms with Crippen molar-refractivity contribution in [2.24, 2.45) is 0 Å². The zero-order chi connectivity index (χ0) is 18.9. The van der Waals surface area contributed by atoms with E-state index in [-0.39, 0.29) is 19.1 Å². The van der Waals surface area contributed by atoms with Crippen LogP contribution in [0.2, 0.25) is 0 Å². The van der Waals surface area contributed by atoms with Crippen LogP contribution in [0, 0.1) is 0 Å². The normalized spacial score (nSPS) is 10.2. The molecule has 0 saturated heterocycles. The predicted molar refractivity (Wildman–Crippen MR) is 104 cm³/mol. The molecule has 6 heteroatoms. The molecule has 0 bridgehead atoms. The van der Waals surface area contributed by atoms with E-state index < -0.39 is 5.97 Å². The number of hydrogen-bond acceptors (Lipinski definition) is 5. The largest absolute Gasteiger partial charge is 0.489 e. The smallest absolute Gasteiger partial charge is 0.339 e. The van der Waals surface area contributed by atoms with Gasteiger partial charge in [0.2, 0.25) is 0 Å². The van der Waals surface area contributed by atoms with E-state index in [0.717, 1.165) is 4.88 Å². The van der Waals surface area contributed by atoms with Gasteiger partial charge in [0.15, 0.2) is 6.61 Å². The highest BCUT2D eigenvalue weighted by Crippen LogP contribution is 2.15. The summed E-state index contributed by atoms with van der Waals surface area (Å²) in [6, 6.07) is 20.2. The SMILES string of the molecule is O=C(COC(=O)c1ccccc1COc1ccccc1)NCc1cccs1. The summed E-state index contributed by atoms with van der Waals surface area (Å²) >= 11 is 1.56. The monoisotopic (exact) mass is 381 g/mol. The van der Waals surface area contributed by atoms with Gasteiger partial charge in [0.1, 0.15) is 12.4 Å². The fraction of sp³-hybridized carbons (Fsp3) is 0.143. The Morgan fingerprint density at radius 1 is 0.926 bits per heavy atom. The van der Waals surface area contributed by atoms with E-state index in [1.165, 1.54) is 0 Å². The minimum Gasteiger partial charge on any atom is -0.489 e. The number of ether oxygens (including phenoxy) is 2. The number of hydrogen-bond donors (Lipinski definition) is 1. The molecule has 0 aliphatic carbocycles. The van der Waals surface area contributed by atoms with E-state index in [1.54, 1.807) is 29.5 Å². The number of para-hydroxylation sites is 1. The highest BCUT2D eigenvalue weighted by Gasteiger charge is 2.14. The number of amides is 1. The maximum Gasteiger partial charge on any atom is 0.339 e. The van der Waals surface area contributed by atoms with Gasteiger partial charge in [0.05, 0.1) is 12.1 Å². The predicted octanol–water partition coefficient (Wildman–Crippen LogP) is 3.80. The summed E-state index contributed by atoms with van der Waals surface area (Å²) in [6.45, 7) is 0.341. The van der Waals surface area contributed by atoms with Crippen molar-refractivity contribution >= 4 is 23.2 Å². The van der Waals surface area contributed by atoms with Crippen molar-refractivity contribution in [3.63, 3.8) is 0 Å². The summed E-state index contributed by atoms with van der Waals surface area (Å²) in [4.78, 5) is 25.3. The van der Waals surface area contributed by atoms with Crippen molar-refractivity contribution in [1.29, 1.82) is 0 Å². The van der Waals surface area contributed by atoms with Gasteiger partial charge in [-0.3, -0.25) is 4.79 Å². The third-order valence-electron chi connectivity index (χ3n) is 3.75. The minimum absolute atomic E-state index is 0.236.